The Hall–Kier alpha value is -7.57. The first-order chi connectivity index (χ1) is 24.6. The van der Waals surface area contributed by atoms with Crippen molar-refractivity contribution in [2.75, 3.05) is 0 Å². The minimum Gasteiger partial charge on any atom is -0.309 e. The summed E-state index contributed by atoms with van der Waals surface area (Å²) in [5, 5.41) is 32.6. The van der Waals surface area contributed by atoms with Gasteiger partial charge in [0.2, 0.25) is 0 Å². The smallest absolute Gasteiger partial charge is 0.0991 e. The van der Waals surface area contributed by atoms with Gasteiger partial charge in [0.1, 0.15) is 0 Å². The van der Waals surface area contributed by atoms with Crippen LogP contribution in [0.5, 0.6) is 0 Å². The van der Waals surface area contributed by atoms with Crippen LogP contribution < -0.4 is 0 Å². The lowest BCUT2D eigenvalue weighted by Gasteiger charge is -2.15. The van der Waals surface area contributed by atoms with E-state index in [0.29, 0.717) is 16.7 Å². The maximum absolute atomic E-state index is 9.64. The van der Waals surface area contributed by atoms with Crippen LogP contribution >= 0.6 is 0 Å². The number of nitrogens with zero attached hydrogens (tertiary/aromatic N) is 5. The Morgan fingerprint density at radius 1 is 0.440 bits per heavy atom. The zero-order valence-electron chi connectivity index (χ0n) is 26.5. The fourth-order valence-electron chi connectivity index (χ4n) is 7.23. The summed E-state index contributed by atoms with van der Waals surface area (Å²) in [5.74, 6) is 0. The highest BCUT2D eigenvalue weighted by atomic mass is 15.0. The summed E-state index contributed by atoms with van der Waals surface area (Å²) >= 11 is 0. The maximum Gasteiger partial charge on any atom is 0.0991 e. The van der Waals surface area contributed by atoms with Gasteiger partial charge in [0.05, 0.1) is 62.4 Å². The van der Waals surface area contributed by atoms with Gasteiger partial charge in [-0.3, -0.25) is 0 Å². The van der Waals surface area contributed by atoms with Crippen molar-refractivity contribution in [1.29, 1.82) is 15.8 Å². The van der Waals surface area contributed by atoms with Crippen molar-refractivity contribution in [1.82, 2.24) is 9.13 Å². The topological polar surface area (TPSA) is 81.2 Å². The molecule has 5 nitrogen and oxygen atoms in total. The van der Waals surface area contributed by atoms with E-state index >= 15 is 0 Å². The van der Waals surface area contributed by atoms with E-state index < -0.39 is 0 Å². The molecule has 7 aromatic carbocycles. The van der Waals surface area contributed by atoms with Crippen molar-refractivity contribution < 1.29 is 0 Å². The van der Waals surface area contributed by atoms with Gasteiger partial charge in [0.15, 0.2) is 0 Å². The fraction of sp³-hybridized carbons (Fsp3) is 0. The van der Waals surface area contributed by atoms with Gasteiger partial charge in [-0.1, -0.05) is 60.7 Å². The second-order valence-corrected chi connectivity index (χ2v) is 12.2. The van der Waals surface area contributed by atoms with Gasteiger partial charge >= 0.3 is 0 Å². The molecule has 0 amide bonds. The second kappa shape index (κ2) is 11.3. The van der Waals surface area contributed by atoms with Crippen LogP contribution in [0.3, 0.4) is 0 Å². The summed E-state index contributed by atoms with van der Waals surface area (Å²) in [6.07, 6.45) is 0. The molecule has 2 aromatic heterocycles. The molecule has 0 saturated heterocycles. The van der Waals surface area contributed by atoms with E-state index in [1.54, 1.807) is 0 Å². The molecule has 0 saturated carbocycles. The number of hydrogen-bond acceptors (Lipinski definition) is 3. The van der Waals surface area contributed by atoms with Crippen LogP contribution in [0.1, 0.15) is 16.7 Å². The molecule has 0 unspecified atom stereocenters. The molecule has 9 aromatic rings. The molecule has 0 aliphatic carbocycles. The van der Waals surface area contributed by atoms with E-state index in [0.717, 1.165) is 77.2 Å². The molecule has 9 rings (SSSR count). The lowest BCUT2D eigenvalue weighted by molar-refractivity contribution is 1.18. The van der Waals surface area contributed by atoms with Crippen LogP contribution in [-0.2, 0) is 0 Å². The van der Waals surface area contributed by atoms with E-state index in [-0.39, 0.29) is 0 Å². The van der Waals surface area contributed by atoms with Crippen molar-refractivity contribution >= 4 is 43.6 Å². The molecular formula is C45H23N5. The zero-order valence-corrected chi connectivity index (χ0v) is 26.5. The lowest BCUT2D eigenvalue weighted by atomic mass is 9.94. The Labute approximate surface area is 287 Å². The van der Waals surface area contributed by atoms with E-state index in [1.807, 2.05) is 66.7 Å². The molecular weight excluding hydrogens is 611 g/mol. The highest BCUT2D eigenvalue weighted by Gasteiger charge is 2.17. The van der Waals surface area contributed by atoms with Gasteiger partial charge in [0, 0.05) is 27.5 Å². The number of hydrogen-bond donors (Lipinski definition) is 0. The molecule has 0 N–H and O–H groups in total. The summed E-state index contributed by atoms with van der Waals surface area (Å²) in [5.41, 5.74) is 12.0. The third-order valence-electron chi connectivity index (χ3n) is 9.44. The predicted octanol–water partition coefficient (Wildman–Crippen LogP) is 10.4. The normalized spacial score (nSPS) is 11.0. The Morgan fingerprint density at radius 3 is 1.44 bits per heavy atom. The third kappa shape index (κ3) is 4.41. The molecule has 0 radical (unpaired) electrons. The third-order valence-corrected chi connectivity index (χ3v) is 9.44. The first-order valence-corrected chi connectivity index (χ1v) is 16.1. The highest BCUT2D eigenvalue weighted by Crippen LogP contribution is 2.38. The number of benzene rings is 6. The van der Waals surface area contributed by atoms with Gasteiger partial charge in [-0.05, 0) is 113 Å². The monoisotopic (exact) mass is 633 g/mol. The molecule has 0 atom stereocenters. The van der Waals surface area contributed by atoms with Crippen LogP contribution in [0, 0.1) is 46.1 Å². The van der Waals surface area contributed by atoms with Gasteiger partial charge in [-0.15, -0.1) is 0 Å². The number of fused-ring (bicyclic) bond motifs is 6. The van der Waals surface area contributed by atoms with E-state index in [2.05, 4.69) is 112 Å². The summed E-state index contributed by atoms with van der Waals surface area (Å²) in [7, 11) is 0. The summed E-state index contributed by atoms with van der Waals surface area (Å²) in [6.45, 7) is 0. The van der Waals surface area contributed by atoms with Gasteiger partial charge in [-0.2, -0.15) is 15.8 Å². The van der Waals surface area contributed by atoms with E-state index in [9.17, 15) is 15.8 Å². The predicted molar refractivity (Wildman–Crippen MR) is 198 cm³/mol. The average molecular weight is 634 g/mol. The van der Waals surface area contributed by atoms with Gasteiger partial charge in [0.25, 0.3) is 0 Å². The van der Waals surface area contributed by atoms with Crippen LogP contribution in [0.25, 0.3) is 77.2 Å². The first kappa shape index (κ1) is 28.6. The Bertz CT molecular complexity index is 2900. The molecule has 50 heavy (non-hydrogen) atoms. The van der Waals surface area contributed by atoms with Crippen molar-refractivity contribution in [3.8, 4) is 51.8 Å². The quantitative estimate of drug-likeness (QED) is 0.193. The summed E-state index contributed by atoms with van der Waals surface area (Å²) in [6, 6.07) is 59.8. The van der Waals surface area contributed by atoms with Crippen LogP contribution in [0.2, 0.25) is 0 Å². The molecule has 5 heteroatoms. The van der Waals surface area contributed by atoms with E-state index in [4.69, 9.17) is 0 Å². The molecule has 0 aliphatic heterocycles. The minimum absolute atomic E-state index is 0.577. The Kier molecular flexibility index (Phi) is 6.47. The maximum atomic E-state index is 9.64. The molecule has 0 bridgehead atoms. The SMILES string of the molecule is N#Cc1ccc2c(c1)c1c#cccc1n2-c1cccc(-c2ccccc2-c2cccc(-n3c4ccc(C#N)cc4c4cc(C#N)ccc43)c2)c1. The molecule has 2 heterocycles. The standard InChI is InChI=1S/C45H23N5/c46-26-29-15-18-43-39(21-29)38-13-3-4-14-42(38)49(43)34-9-5-7-32(24-34)36-11-1-2-12-37(36)33-8-6-10-35(25-33)50-44-19-16-30(27-47)22-40(44)41-23-31(28-48)17-20-45(41)50/h1-2,4-12,14-25H. The van der Waals surface area contributed by atoms with Crippen LogP contribution in [-0.4, -0.2) is 9.13 Å². The van der Waals surface area contributed by atoms with Gasteiger partial charge < -0.3 is 9.13 Å². The Morgan fingerprint density at radius 2 is 0.920 bits per heavy atom. The number of aromatic nitrogens is 2. The minimum atomic E-state index is 0.577. The van der Waals surface area contributed by atoms with Crippen molar-refractivity contribution in [3.05, 3.63) is 168 Å². The molecule has 0 aliphatic rings. The molecule has 228 valence electrons. The first-order valence-electron chi connectivity index (χ1n) is 16.1. The second-order valence-electron chi connectivity index (χ2n) is 12.2. The Balaban J connectivity index is 1.20. The van der Waals surface area contributed by atoms with Gasteiger partial charge in [-0.25, -0.2) is 0 Å². The molecule has 0 fully saturated rings. The fourth-order valence-corrected chi connectivity index (χ4v) is 7.23. The van der Waals surface area contributed by atoms with Crippen molar-refractivity contribution in [2.24, 2.45) is 0 Å². The average Bonchev–Trinajstić information content (AvgIpc) is 3.69. The number of rotatable bonds is 4. The highest BCUT2D eigenvalue weighted by molar-refractivity contribution is 6.11. The zero-order chi connectivity index (χ0) is 33.8. The van der Waals surface area contributed by atoms with Crippen LogP contribution in [0.15, 0.2) is 140 Å². The van der Waals surface area contributed by atoms with Crippen molar-refractivity contribution in [3.63, 3.8) is 0 Å². The van der Waals surface area contributed by atoms with Crippen molar-refractivity contribution in [2.45, 2.75) is 0 Å². The van der Waals surface area contributed by atoms with E-state index in [1.165, 1.54) is 0 Å². The largest absolute Gasteiger partial charge is 0.309 e. The lowest BCUT2D eigenvalue weighted by Crippen LogP contribution is -1.96. The molecule has 0 spiro atoms. The van der Waals surface area contributed by atoms with Crippen LogP contribution in [0.4, 0.5) is 0 Å². The summed E-state index contributed by atoms with van der Waals surface area (Å²) in [4.78, 5) is 0. The summed E-state index contributed by atoms with van der Waals surface area (Å²) < 4.78 is 4.43. The number of nitriles is 3.